The van der Waals surface area contributed by atoms with Crippen molar-refractivity contribution < 1.29 is 38.1 Å². The van der Waals surface area contributed by atoms with E-state index in [9.17, 15) is 19.2 Å². The number of esters is 2. The maximum Gasteiger partial charge on any atom is 0.321 e. The molecule has 6 unspecified atom stereocenters. The summed E-state index contributed by atoms with van der Waals surface area (Å²) in [5, 5.41) is 0. The van der Waals surface area contributed by atoms with Gasteiger partial charge in [0, 0.05) is 13.3 Å². The minimum Gasteiger partial charge on any atom is -0.465 e. The first-order chi connectivity index (χ1) is 13.1. The number of carbonyl (C=O) groups excluding carboxylic acids is 4. The summed E-state index contributed by atoms with van der Waals surface area (Å²) >= 11 is 5.59. The fourth-order valence-electron chi connectivity index (χ4n) is 5.19. The van der Waals surface area contributed by atoms with Gasteiger partial charge in [0.1, 0.15) is 18.1 Å². The molecule has 6 atom stereocenters. The quantitative estimate of drug-likeness (QED) is 0.378. The number of alkyl halides is 1. The van der Waals surface area contributed by atoms with Gasteiger partial charge in [-0.05, 0) is 18.6 Å². The summed E-state index contributed by atoms with van der Waals surface area (Å²) in [6, 6.07) is 0. The van der Waals surface area contributed by atoms with Crippen molar-refractivity contribution in [2.45, 2.75) is 51.1 Å². The lowest BCUT2D eigenvalue weighted by Gasteiger charge is -2.57. The monoisotopic (exact) mass is 412 g/mol. The van der Waals surface area contributed by atoms with Crippen LogP contribution in [0.15, 0.2) is 11.6 Å². The first kappa shape index (κ1) is 19.5. The summed E-state index contributed by atoms with van der Waals surface area (Å²) in [6.45, 7) is 4.75. The Hall–Kier alpha value is -1.77. The molecule has 2 aliphatic carbocycles. The van der Waals surface area contributed by atoms with Crippen LogP contribution in [-0.4, -0.2) is 66.5 Å². The maximum absolute atomic E-state index is 13.1. The number of rotatable bonds is 4. The molecule has 0 amide bonds. The molecule has 4 aliphatic rings. The Labute approximate surface area is 166 Å². The molecule has 0 radical (unpaired) electrons. The lowest BCUT2D eigenvalue weighted by atomic mass is 9.51. The molecule has 0 aromatic rings. The zero-order valence-corrected chi connectivity index (χ0v) is 16.5. The number of fused-ring (bicyclic) bond motifs is 2. The summed E-state index contributed by atoms with van der Waals surface area (Å²) in [5.74, 6) is -2.27. The highest BCUT2D eigenvalue weighted by molar-refractivity contribution is 6.26. The van der Waals surface area contributed by atoms with Crippen molar-refractivity contribution in [1.82, 2.24) is 0 Å². The van der Waals surface area contributed by atoms with Gasteiger partial charge in [-0.1, -0.05) is 6.92 Å². The van der Waals surface area contributed by atoms with Crippen LogP contribution in [0.25, 0.3) is 0 Å². The second-order valence-electron chi connectivity index (χ2n) is 8.11. The van der Waals surface area contributed by atoms with Gasteiger partial charge < -0.3 is 18.9 Å². The second kappa shape index (κ2) is 6.11. The maximum atomic E-state index is 13.1. The number of halogens is 1. The van der Waals surface area contributed by atoms with Gasteiger partial charge in [0.05, 0.1) is 23.5 Å². The zero-order chi connectivity index (χ0) is 20.5. The third-order valence-corrected chi connectivity index (χ3v) is 7.09. The highest BCUT2D eigenvalue weighted by atomic mass is 35.5. The van der Waals surface area contributed by atoms with Crippen LogP contribution in [0.2, 0.25) is 0 Å². The molecule has 0 aromatic heterocycles. The second-order valence-corrected chi connectivity index (χ2v) is 8.38. The van der Waals surface area contributed by atoms with Gasteiger partial charge in [-0.25, -0.2) is 0 Å². The molecule has 1 spiro atoms. The van der Waals surface area contributed by atoms with Crippen LogP contribution in [0.4, 0.5) is 0 Å². The Balaban J connectivity index is 1.89. The van der Waals surface area contributed by atoms with Crippen LogP contribution in [0, 0.1) is 10.8 Å². The van der Waals surface area contributed by atoms with E-state index in [0.717, 1.165) is 0 Å². The van der Waals surface area contributed by atoms with Crippen molar-refractivity contribution in [2.24, 2.45) is 10.8 Å². The van der Waals surface area contributed by atoms with Crippen molar-refractivity contribution in [3.63, 3.8) is 0 Å². The van der Waals surface area contributed by atoms with E-state index in [1.54, 1.807) is 19.9 Å². The van der Waals surface area contributed by atoms with Crippen LogP contribution in [0.1, 0.15) is 27.2 Å². The predicted octanol–water partition coefficient (Wildman–Crippen LogP) is 0.731. The lowest BCUT2D eigenvalue weighted by molar-refractivity contribution is -0.231. The molecule has 152 valence electrons. The molecule has 2 saturated heterocycles. The molecule has 0 aromatic carbocycles. The Morgan fingerprint density at radius 2 is 2.04 bits per heavy atom. The van der Waals surface area contributed by atoms with E-state index >= 15 is 0 Å². The number of allylic oxidation sites excluding steroid dienone is 1. The topological polar surface area (TPSA) is 109 Å². The highest BCUT2D eigenvalue weighted by Gasteiger charge is 2.86. The van der Waals surface area contributed by atoms with E-state index in [2.05, 4.69) is 0 Å². The number of hydrogen-bond donors (Lipinski definition) is 0. The molecule has 2 heterocycles. The fraction of sp³-hybridized carbons (Fsp3) is 0.684. The fourth-order valence-corrected chi connectivity index (χ4v) is 5.25. The summed E-state index contributed by atoms with van der Waals surface area (Å²) in [6.07, 6.45) is -1.18. The molecule has 8 nitrogen and oxygen atoms in total. The third-order valence-electron chi connectivity index (χ3n) is 6.87. The number of Topliss-reactive ketones (excluding diaryl/α,β-unsaturated/α-hetero) is 2. The normalized spacial score (nSPS) is 43.4. The number of carbonyl (C=O) groups is 4. The molecule has 9 heteroatoms. The number of epoxide rings is 1. The van der Waals surface area contributed by atoms with Crippen LogP contribution < -0.4 is 0 Å². The van der Waals surface area contributed by atoms with Crippen molar-refractivity contribution in [1.29, 1.82) is 0 Å². The van der Waals surface area contributed by atoms with Crippen molar-refractivity contribution in [2.75, 3.05) is 19.1 Å². The third kappa shape index (κ3) is 2.25. The van der Waals surface area contributed by atoms with Gasteiger partial charge in [0.15, 0.2) is 18.0 Å². The summed E-state index contributed by atoms with van der Waals surface area (Å²) in [7, 11) is 0. The first-order valence-corrected chi connectivity index (χ1v) is 9.60. The minimum atomic E-state index is -1.22. The van der Waals surface area contributed by atoms with Crippen LogP contribution in [0.3, 0.4) is 0 Å². The minimum absolute atomic E-state index is 0.0240. The average Bonchev–Trinajstić information content (AvgIpc) is 3.42. The van der Waals surface area contributed by atoms with Crippen molar-refractivity contribution >= 4 is 35.1 Å². The summed E-state index contributed by atoms with van der Waals surface area (Å²) < 4.78 is 22.7. The smallest absolute Gasteiger partial charge is 0.321 e. The van der Waals surface area contributed by atoms with E-state index in [4.69, 9.17) is 30.5 Å². The number of hydrogen-bond acceptors (Lipinski definition) is 8. The summed E-state index contributed by atoms with van der Waals surface area (Å²) in [5.41, 5.74) is -2.77. The van der Waals surface area contributed by atoms with Gasteiger partial charge in [0.2, 0.25) is 5.78 Å². The zero-order valence-electron chi connectivity index (χ0n) is 15.8. The molecule has 1 saturated carbocycles. The van der Waals surface area contributed by atoms with Gasteiger partial charge in [-0.3, -0.25) is 19.2 Å². The molecular weight excluding hydrogens is 392 g/mol. The van der Waals surface area contributed by atoms with E-state index in [-0.39, 0.29) is 25.4 Å². The predicted molar refractivity (Wildman–Crippen MR) is 93.5 cm³/mol. The molecule has 2 aliphatic heterocycles. The molecule has 0 N–H and O–H groups in total. The van der Waals surface area contributed by atoms with Crippen molar-refractivity contribution in [3.8, 4) is 0 Å². The van der Waals surface area contributed by atoms with Crippen LogP contribution in [0.5, 0.6) is 0 Å². The van der Waals surface area contributed by atoms with E-state index < -0.39 is 58.3 Å². The first-order valence-electron chi connectivity index (χ1n) is 9.06. The Morgan fingerprint density at radius 1 is 1.36 bits per heavy atom. The lowest BCUT2D eigenvalue weighted by Crippen LogP contribution is -2.67. The summed E-state index contributed by atoms with van der Waals surface area (Å²) in [4.78, 5) is 49.4. The number of ether oxygens (including phenoxy) is 4. The van der Waals surface area contributed by atoms with Gasteiger partial charge in [0.25, 0.3) is 0 Å². The molecule has 4 rings (SSSR count). The van der Waals surface area contributed by atoms with Crippen LogP contribution >= 0.6 is 11.6 Å². The molecular formula is C19H21ClO8. The van der Waals surface area contributed by atoms with Crippen molar-refractivity contribution in [3.05, 3.63) is 11.6 Å². The van der Waals surface area contributed by atoms with Gasteiger partial charge in [-0.15, -0.1) is 11.6 Å². The largest absolute Gasteiger partial charge is 0.465 e. The van der Waals surface area contributed by atoms with E-state index in [1.807, 2.05) is 0 Å². The average molecular weight is 413 g/mol. The Kier molecular flexibility index (Phi) is 4.27. The van der Waals surface area contributed by atoms with Gasteiger partial charge in [-0.2, -0.15) is 0 Å². The molecule has 3 fully saturated rings. The SMILES string of the molecule is CC(=O)OCC12CC(=O)C(C)=CC1OC1C(=O)C(OC(=O)CCl)C2(C)C12CO2. The number of ketones is 2. The molecule has 28 heavy (non-hydrogen) atoms. The van der Waals surface area contributed by atoms with E-state index in [0.29, 0.717) is 5.57 Å². The Bertz CT molecular complexity index is 815. The Morgan fingerprint density at radius 3 is 2.61 bits per heavy atom. The standard InChI is InChI=1S/C19H21ClO8/c1-9-4-12-18(5-11(9)22,7-25-10(2)21)17(3)15(28-13(23)6-20)14(24)16(27-12)19(17)8-26-19/h4,12,15-16H,5-8H2,1-3H3. The molecule has 2 bridgehead atoms. The van der Waals surface area contributed by atoms with Crippen LogP contribution in [-0.2, 0) is 38.1 Å². The van der Waals surface area contributed by atoms with E-state index in [1.165, 1.54) is 6.92 Å². The van der Waals surface area contributed by atoms with Gasteiger partial charge >= 0.3 is 11.9 Å². The highest BCUT2D eigenvalue weighted by Crippen LogP contribution is 2.70.